The minimum absolute atomic E-state index is 0.0366. The van der Waals surface area contributed by atoms with Gasteiger partial charge in [-0.2, -0.15) is 4.31 Å². The van der Waals surface area contributed by atoms with Crippen LogP contribution in [0.4, 0.5) is 11.4 Å². The van der Waals surface area contributed by atoms with E-state index >= 15 is 0 Å². The summed E-state index contributed by atoms with van der Waals surface area (Å²) in [6.45, 7) is 4.80. The van der Waals surface area contributed by atoms with Crippen molar-refractivity contribution >= 4 is 27.3 Å². The molecule has 3 rings (SSSR count). The van der Waals surface area contributed by atoms with Crippen molar-refractivity contribution < 1.29 is 22.9 Å². The van der Waals surface area contributed by atoms with Crippen LogP contribution in [0.2, 0.25) is 0 Å². The highest BCUT2D eigenvalue weighted by Gasteiger charge is 2.32. The SMILES string of the molecule is CCCCNC(=O)C1CCN(c2ccc(S(=O)(=O)N3CCOCC3)cc2[N+](=O)[O-])CC1. The largest absolute Gasteiger partial charge is 0.379 e. The molecule has 0 saturated carbocycles. The van der Waals surface area contributed by atoms with Gasteiger partial charge in [0, 0.05) is 44.7 Å². The minimum Gasteiger partial charge on any atom is -0.379 e. The second-order valence-electron chi connectivity index (χ2n) is 7.83. The molecular weight excluding hydrogens is 424 g/mol. The van der Waals surface area contributed by atoms with Gasteiger partial charge in [0.1, 0.15) is 5.69 Å². The highest BCUT2D eigenvalue weighted by molar-refractivity contribution is 7.89. The zero-order valence-electron chi connectivity index (χ0n) is 17.8. The zero-order chi connectivity index (χ0) is 22.4. The lowest BCUT2D eigenvalue weighted by Gasteiger charge is -2.33. The molecule has 1 N–H and O–H groups in total. The Hall–Kier alpha value is -2.24. The molecule has 2 fully saturated rings. The predicted molar refractivity (Wildman–Crippen MR) is 116 cm³/mol. The summed E-state index contributed by atoms with van der Waals surface area (Å²) in [7, 11) is -3.82. The van der Waals surface area contributed by atoms with E-state index in [2.05, 4.69) is 12.2 Å². The fourth-order valence-corrected chi connectivity index (χ4v) is 5.36. The van der Waals surface area contributed by atoms with Crippen LogP contribution in [0.1, 0.15) is 32.6 Å². The molecule has 0 unspecified atom stereocenters. The summed E-state index contributed by atoms with van der Waals surface area (Å²) < 4.78 is 32.2. The number of nitrogens with zero attached hydrogens (tertiary/aromatic N) is 3. The number of nitro groups is 1. The maximum atomic E-state index is 12.9. The number of anilines is 1. The summed E-state index contributed by atoms with van der Waals surface area (Å²) in [5.74, 6) is -0.0670. The number of piperidine rings is 1. The van der Waals surface area contributed by atoms with Crippen molar-refractivity contribution in [2.45, 2.75) is 37.5 Å². The van der Waals surface area contributed by atoms with Crippen LogP contribution < -0.4 is 10.2 Å². The Morgan fingerprint density at radius 3 is 2.52 bits per heavy atom. The van der Waals surface area contributed by atoms with E-state index in [0.29, 0.717) is 51.4 Å². The number of ether oxygens (including phenoxy) is 1. The first kappa shape index (κ1) is 23.4. The summed E-state index contributed by atoms with van der Waals surface area (Å²) in [5, 5.41) is 14.7. The van der Waals surface area contributed by atoms with Crippen molar-refractivity contribution in [2.24, 2.45) is 5.92 Å². The number of hydrogen-bond donors (Lipinski definition) is 1. The average molecular weight is 455 g/mol. The van der Waals surface area contributed by atoms with Crippen LogP contribution in [0.15, 0.2) is 23.1 Å². The number of nitro benzene ring substituents is 1. The monoisotopic (exact) mass is 454 g/mol. The molecule has 0 radical (unpaired) electrons. The van der Waals surface area contributed by atoms with Gasteiger partial charge in [0.05, 0.1) is 23.0 Å². The maximum absolute atomic E-state index is 12.9. The first-order valence-electron chi connectivity index (χ1n) is 10.7. The lowest BCUT2D eigenvalue weighted by molar-refractivity contribution is -0.384. The molecule has 172 valence electrons. The third-order valence-electron chi connectivity index (χ3n) is 5.79. The van der Waals surface area contributed by atoms with Crippen molar-refractivity contribution in [2.75, 3.05) is 50.8 Å². The molecule has 2 aliphatic rings. The van der Waals surface area contributed by atoms with Crippen LogP contribution in [0, 0.1) is 16.0 Å². The number of amides is 1. The van der Waals surface area contributed by atoms with E-state index in [9.17, 15) is 23.3 Å². The van der Waals surface area contributed by atoms with Crippen LogP contribution in [0.25, 0.3) is 0 Å². The third kappa shape index (κ3) is 5.52. The van der Waals surface area contributed by atoms with E-state index in [4.69, 9.17) is 4.74 Å². The Labute approximate surface area is 182 Å². The standard InChI is InChI=1S/C20H30N4O6S/c1-2-3-8-21-20(25)16-6-9-22(10-7-16)18-5-4-17(15-19(18)24(26)27)31(28,29)23-11-13-30-14-12-23/h4-5,15-16H,2-3,6-14H2,1H3,(H,21,25). The summed E-state index contributed by atoms with van der Waals surface area (Å²) in [6, 6.07) is 4.08. The molecule has 1 aromatic carbocycles. The molecule has 31 heavy (non-hydrogen) atoms. The van der Waals surface area contributed by atoms with Crippen molar-refractivity contribution in [3.05, 3.63) is 28.3 Å². The van der Waals surface area contributed by atoms with Crippen LogP contribution in [0.5, 0.6) is 0 Å². The number of morpholine rings is 1. The molecule has 2 heterocycles. The summed E-state index contributed by atoms with van der Waals surface area (Å²) in [6.07, 6.45) is 3.15. The van der Waals surface area contributed by atoms with Gasteiger partial charge in [-0.15, -0.1) is 0 Å². The van der Waals surface area contributed by atoms with Crippen molar-refractivity contribution in [3.8, 4) is 0 Å². The summed E-state index contributed by atoms with van der Waals surface area (Å²) in [4.78, 5) is 25.2. The number of sulfonamides is 1. The molecule has 2 aliphatic heterocycles. The number of benzene rings is 1. The van der Waals surface area contributed by atoms with Gasteiger partial charge in [0.15, 0.2) is 0 Å². The van der Waals surface area contributed by atoms with E-state index < -0.39 is 14.9 Å². The quantitative estimate of drug-likeness (QED) is 0.361. The van der Waals surface area contributed by atoms with Crippen LogP contribution >= 0.6 is 0 Å². The van der Waals surface area contributed by atoms with Crippen LogP contribution in [-0.4, -0.2) is 69.5 Å². The van der Waals surface area contributed by atoms with Gasteiger partial charge in [-0.25, -0.2) is 8.42 Å². The number of unbranched alkanes of at least 4 members (excludes halogenated alkanes) is 1. The maximum Gasteiger partial charge on any atom is 0.293 e. The first-order valence-corrected chi connectivity index (χ1v) is 12.2. The fourth-order valence-electron chi connectivity index (χ4n) is 3.93. The molecule has 0 bridgehead atoms. The van der Waals surface area contributed by atoms with E-state index in [1.165, 1.54) is 16.4 Å². The first-order chi connectivity index (χ1) is 14.8. The van der Waals surface area contributed by atoms with E-state index in [1.54, 1.807) is 0 Å². The Morgan fingerprint density at radius 1 is 1.23 bits per heavy atom. The Kier molecular flexibility index (Phi) is 7.84. The fraction of sp³-hybridized carbons (Fsp3) is 0.650. The second-order valence-corrected chi connectivity index (χ2v) is 9.77. The number of rotatable bonds is 8. The molecule has 0 aliphatic carbocycles. The van der Waals surface area contributed by atoms with Crippen LogP contribution in [-0.2, 0) is 19.6 Å². The summed E-state index contributed by atoms with van der Waals surface area (Å²) >= 11 is 0. The molecule has 0 spiro atoms. The minimum atomic E-state index is -3.82. The molecule has 1 amide bonds. The highest BCUT2D eigenvalue weighted by Crippen LogP contribution is 2.34. The molecule has 0 aromatic heterocycles. The van der Waals surface area contributed by atoms with E-state index in [0.717, 1.165) is 18.9 Å². The van der Waals surface area contributed by atoms with Gasteiger partial charge in [0.25, 0.3) is 5.69 Å². The normalized spacial score (nSPS) is 18.7. The van der Waals surface area contributed by atoms with Gasteiger partial charge in [0.2, 0.25) is 15.9 Å². The lowest BCUT2D eigenvalue weighted by Crippen LogP contribution is -2.41. The number of nitrogens with one attached hydrogen (secondary N) is 1. The van der Waals surface area contributed by atoms with Gasteiger partial charge < -0.3 is 15.0 Å². The van der Waals surface area contributed by atoms with E-state index in [1.807, 2.05) is 4.90 Å². The van der Waals surface area contributed by atoms with Gasteiger partial charge >= 0.3 is 0 Å². The molecule has 11 heteroatoms. The Bertz CT molecular complexity index is 893. The smallest absolute Gasteiger partial charge is 0.293 e. The number of carbonyl (C=O) groups excluding carboxylic acids is 1. The highest BCUT2D eigenvalue weighted by atomic mass is 32.2. The molecule has 0 atom stereocenters. The Morgan fingerprint density at radius 2 is 1.90 bits per heavy atom. The molecule has 1 aromatic rings. The van der Waals surface area contributed by atoms with Crippen molar-refractivity contribution in [1.29, 1.82) is 0 Å². The predicted octanol–water partition coefficient (Wildman–Crippen LogP) is 1.75. The van der Waals surface area contributed by atoms with Gasteiger partial charge in [-0.1, -0.05) is 13.3 Å². The van der Waals surface area contributed by atoms with Crippen molar-refractivity contribution in [3.63, 3.8) is 0 Å². The zero-order valence-corrected chi connectivity index (χ0v) is 18.6. The van der Waals surface area contributed by atoms with E-state index in [-0.39, 0.29) is 35.5 Å². The van der Waals surface area contributed by atoms with Gasteiger partial charge in [-0.3, -0.25) is 14.9 Å². The average Bonchev–Trinajstić information content (AvgIpc) is 2.79. The topological polar surface area (TPSA) is 122 Å². The molecular formula is C20H30N4O6S. The summed E-state index contributed by atoms with van der Waals surface area (Å²) in [5.41, 5.74) is 0.149. The third-order valence-corrected chi connectivity index (χ3v) is 7.68. The van der Waals surface area contributed by atoms with Crippen molar-refractivity contribution in [1.82, 2.24) is 9.62 Å². The molecule has 10 nitrogen and oxygen atoms in total. The second kappa shape index (κ2) is 10.4. The lowest BCUT2D eigenvalue weighted by atomic mass is 9.95. The Balaban J connectivity index is 1.72. The number of hydrogen-bond acceptors (Lipinski definition) is 7. The number of carbonyl (C=O) groups is 1. The molecule has 2 saturated heterocycles. The van der Waals surface area contributed by atoms with Gasteiger partial charge in [-0.05, 0) is 31.4 Å². The van der Waals surface area contributed by atoms with Crippen LogP contribution in [0.3, 0.4) is 0 Å².